The minimum atomic E-state index is 0.607. The van der Waals surface area contributed by atoms with Crippen molar-refractivity contribution in [1.29, 1.82) is 0 Å². The Balaban J connectivity index is 1.76. The summed E-state index contributed by atoms with van der Waals surface area (Å²) in [6, 6.07) is 13.9. The minimum Gasteiger partial charge on any atom is -0.365 e. The van der Waals surface area contributed by atoms with Crippen molar-refractivity contribution in [1.82, 2.24) is 15.0 Å². The van der Waals surface area contributed by atoms with Crippen molar-refractivity contribution >= 4 is 39.0 Å². The molecule has 0 fully saturated rings. The summed E-state index contributed by atoms with van der Waals surface area (Å²) in [6.45, 7) is 2.76. The number of nitrogens with one attached hydrogen (secondary N) is 1. The SMILES string of the molecule is CCc1cc2c(NCc3ccccc3Cl)nc(-c3cccnc3)nc2s1. The number of pyridine rings is 1. The Bertz CT molecular complexity index is 1050. The van der Waals surface area contributed by atoms with Crippen molar-refractivity contribution in [3.05, 3.63) is 70.3 Å². The first-order chi connectivity index (χ1) is 12.7. The second-order valence-electron chi connectivity index (χ2n) is 5.87. The summed E-state index contributed by atoms with van der Waals surface area (Å²) in [4.78, 5) is 16.0. The number of hydrogen-bond acceptors (Lipinski definition) is 5. The third-order valence-electron chi connectivity index (χ3n) is 4.12. The number of anilines is 1. The van der Waals surface area contributed by atoms with Crippen LogP contribution >= 0.6 is 22.9 Å². The fraction of sp³-hybridized carbons (Fsp3) is 0.150. The maximum Gasteiger partial charge on any atom is 0.164 e. The molecule has 0 amide bonds. The van der Waals surface area contributed by atoms with Gasteiger partial charge in [0.05, 0.1) is 5.39 Å². The van der Waals surface area contributed by atoms with Gasteiger partial charge in [-0.1, -0.05) is 36.7 Å². The van der Waals surface area contributed by atoms with Crippen LogP contribution in [0.15, 0.2) is 54.9 Å². The zero-order chi connectivity index (χ0) is 17.9. The van der Waals surface area contributed by atoms with Gasteiger partial charge in [-0.05, 0) is 36.2 Å². The van der Waals surface area contributed by atoms with Gasteiger partial charge in [-0.3, -0.25) is 4.98 Å². The molecule has 3 heterocycles. The second kappa shape index (κ2) is 7.40. The van der Waals surface area contributed by atoms with E-state index in [1.165, 1.54) is 4.88 Å². The lowest BCUT2D eigenvalue weighted by Crippen LogP contribution is -2.04. The van der Waals surface area contributed by atoms with E-state index in [2.05, 4.69) is 23.3 Å². The lowest BCUT2D eigenvalue weighted by atomic mass is 10.2. The highest BCUT2D eigenvalue weighted by molar-refractivity contribution is 7.18. The molecule has 1 N–H and O–H groups in total. The van der Waals surface area contributed by atoms with Gasteiger partial charge in [0.15, 0.2) is 5.82 Å². The molecule has 4 nitrogen and oxygen atoms in total. The number of benzene rings is 1. The smallest absolute Gasteiger partial charge is 0.164 e. The van der Waals surface area contributed by atoms with Gasteiger partial charge < -0.3 is 5.32 Å². The molecule has 0 aliphatic heterocycles. The summed E-state index contributed by atoms with van der Waals surface area (Å²) in [7, 11) is 0. The van der Waals surface area contributed by atoms with Gasteiger partial charge in [-0.25, -0.2) is 9.97 Å². The van der Waals surface area contributed by atoms with Crippen LogP contribution in [0.5, 0.6) is 0 Å². The first kappa shape index (κ1) is 16.9. The van der Waals surface area contributed by atoms with Crippen LogP contribution in [-0.4, -0.2) is 15.0 Å². The Morgan fingerprint density at radius 2 is 2.00 bits per heavy atom. The summed E-state index contributed by atoms with van der Waals surface area (Å²) in [5.74, 6) is 1.50. The number of aryl methyl sites for hydroxylation is 1. The number of nitrogens with zero attached hydrogens (tertiary/aromatic N) is 3. The van der Waals surface area contributed by atoms with E-state index in [0.29, 0.717) is 12.4 Å². The summed E-state index contributed by atoms with van der Waals surface area (Å²) in [5, 5.41) is 5.24. The molecule has 0 aliphatic carbocycles. The van der Waals surface area contributed by atoms with Crippen molar-refractivity contribution < 1.29 is 0 Å². The van der Waals surface area contributed by atoms with E-state index >= 15 is 0 Å². The van der Waals surface area contributed by atoms with Crippen molar-refractivity contribution in [3.63, 3.8) is 0 Å². The standard InChI is InChI=1S/C20H17ClN4S/c1-2-15-10-16-19(23-12-13-6-3-4-8-17(13)21)24-18(25-20(16)26-15)14-7-5-9-22-11-14/h3-11H,2,12H2,1H3,(H,23,24,25). The Morgan fingerprint density at radius 3 is 2.77 bits per heavy atom. The van der Waals surface area contributed by atoms with Crippen LogP contribution in [0.3, 0.4) is 0 Å². The van der Waals surface area contributed by atoms with Crippen molar-refractivity contribution in [2.75, 3.05) is 5.32 Å². The molecular weight excluding hydrogens is 364 g/mol. The number of aromatic nitrogens is 3. The highest BCUT2D eigenvalue weighted by atomic mass is 35.5. The van der Waals surface area contributed by atoms with Gasteiger partial charge in [0.1, 0.15) is 10.6 Å². The summed E-state index contributed by atoms with van der Waals surface area (Å²) < 4.78 is 0. The third-order valence-corrected chi connectivity index (χ3v) is 5.66. The number of fused-ring (bicyclic) bond motifs is 1. The van der Waals surface area contributed by atoms with Gasteiger partial charge in [0.25, 0.3) is 0 Å². The largest absolute Gasteiger partial charge is 0.365 e. The van der Waals surface area contributed by atoms with Crippen LogP contribution in [0.1, 0.15) is 17.4 Å². The van der Waals surface area contributed by atoms with Crippen molar-refractivity contribution in [3.8, 4) is 11.4 Å². The van der Waals surface area contributed by atoms with E-state index in [4.69, 9.17) is 21.6 Å². The monoisotopic (exact) mass is 380 g/mol. The molecule has 0 atom stereocenters. The third kappa shape index (κ3) is 3.41. The minimum absolute atomic E-state index is 0.607. The topological polar surface area (TPSA) is 50.7 Å². The Morgan fingerprint density at radius 1 is 1.12 bits per heavy atom. The van der Waals surface area contributed by atoms with E-state index in [9.17, 15) is 0 Å². The van der Waals surface area contributed by atoms with Gasteiger partial charge in [0, 0.05) is 34.4 Å². The average Bonchev–Trinajstić information content (AvgIpc) is 3.11. The van der Waals surface area contributed by atoms with Crippen molar-refractivity contribution in [2.45, 2.75) is 19.9 Å². The van der Waals surface area contributed by atoms with E-state index in [1.807, 2.05) is 36.4 Å². The Kier molecular flexibility index (Phi) is 4.82. The zero-order valence-corrected chi connectivity index (χ0v) is 15.8. The fourth-order valence-electron chi connectivity index (χ4n) is 2.73. The quantitative estimate of drug-likeness (QED) is 0.491. The normalized spacial score (nSPS) is 11.0. The van der Waals surface area contributed by atoms with Gasteiger partial charge in [-0.2, -0.15) is 0 Å². The summed E-state index contributed by atoms with van der Waals surface area (Å²) in [6.07, 6.45) is 4.51. The van der Waals surface area contributed by atoms with Gasteiger partial charge in [0.2, 0.25) is 0 Å². The Hall–Kier alpha value is -2.50. The maximum atomic E-state index is 6.28. The predicted molar refractivity (Wildman–Crippen MR) is 109 cm³/mol. The number of halogens is 1. The molecule has 0 spiro atoms. The highest BCUT2D eigenvalue weighted by Crippen LogP contribution is 2.32. The van der Waals surface area contributed by atoms with Crippen LogP contribution in [0.2, 0.25) is 5.02 Å². The predicted octanol–water partition coefficient (Wildman–Crippen LogP) is 5.58. The molecule has 1 aromatic carbocycles. The number of thiophene rings is 1. The first-order valence-electron chi connectivity index (χ1n) is 8.42. The van der Waals surface area contributed by atoms with Crippen molar-refractivity contribution in [2.24, 2.45) is 0 Å². The molecule has 130 valence electrons. The van der Waals surface area contributed by atoms with Crippen LogP contribution in [0.25, 0.3) is 21.6 Å². The second-order valence-corrected chi connectivity index (χ2v) is 7.39. The van der Waals surface area contributed by atoms with Gasteiger partial charge >= 0.3 is 0 Å². The average molecular weight is 381 g/mol. The van der Waals surface area contributed by atoms with Gasteiger partial charge in [-0.15, -0.1) is 11.3 Å². The van der Waals surface area contributed by atoms with E-state index in [0.717, 1.165) is 38.6 Å². The molecule has 0 unspecified atom stereocenters. The number of rotatable bonds is 5. The number of hydrogen-bond donors (Lipinski definition) is 1. The molecule has 4 rings (SSSR count). The molecule has 6 heteroatoms. The lowest BCUT2D eigenvalue weighted by Gasteiger charge is -2.10. The molecule has 0 radical (unpaired) electrons. The van der Waals surface area contributed by atoms with Crippen LogP contribution in [0.4, 0.5) is 5.82 Å². The summed E-state index contributed by atoms with van der Waals surface area (Å²) in [5.41, 5.74) is 1.94. The van der Waals surface area contributed by atoms with Crippen LogP contribution < -0.4 is 5.32 Å². The van der Waals surface area contributed by atoms with Crippen LogP contribution in [-0.2, 0) is 13.0 Å². The van der Waals surface area contributed by atoms with E-state index in [-0.39, 0.29) is 0 Å². The molecule has 0 aliphatic rings. The van der Waals surface area contributed by atoms with E-state index < -0.39 is 0 Å². The lowest BCUT2D eigenvalue weighted by molar-refractivity contribution is 1.11. The molecule has 3 aromatic heterocycles. The molecule has 0 saturated heterocycles. The van der Waals surface area contributed by atoms with Crippen LogP contribution in [0, 0.1) is 0 Å². The molecule has 0 bridgehead atoms. The zero-order valence-electron chi connectivity index (χ0n) is 14.2. The molecular formula is C20H17ClN4S. The summed E-state index contributed by atoms with van der Waals surface area (Å²) >= 11 is 7.99. The molecule has 4 aromatic rings. The van der Waals surface area contributed by atoms with E-state index in [1.54, 1.807) is 23.7 Å². The molecule has 0 saturated carbocycles. The molecule has 26 heavy (non-hydrogen) atoms. The highest BCUT2D eigenvalue weighted by Gasteiger charge is 2.13. The Labute approximate surface area is 160 Å². The maximum absolute atomic E-state index is 6.28. The fourth-order valence-corrected chi connectivity index (χ4v) is 3.89. The first-order valence-corrected chi connectivity index (χ1v) is 9.62.